The summed E-state index contributed by atoms with van der Waals surface area (Å²) in [5.74, 6) is -8.90. The largest absolute Gasteiger partial charge is 0.433 e. The summed E-state index contributed by atoms with van der Waals surface area (Å²) in [5, 5.41) is 5.44. The number of nitrogens with one attached hydrogen (secondary N) is 2. The van der Waals surface area contributed by atoms with Crippen molar-refractivity contribution in [3.63, 3.8) is 0 Å². The summed E-state index contributed by atoms with van der Waals surface area (Å²) in [4.78, 5) is 15.8. The lowest BCUT2D eigenvalue weighted by molar-refractivity contribution is -0.141. The quantitative estimate of drug-likeness (QED) is 0.503. The number of rotatable bonds is 4. The standard InChI is InChI=1S/C22H22F7N7/c1-19(23,24)16-11-13(7-10-31-16)32-18-34-17(14-3-2-4-15(33-14)21(27,28)29)35-22(30,36-18)12-5-8-20(25,26)9-6-12/h2-4,7,10-12H,5-6,8-9,30H2,1H3,(H2,31,32,34,35,36). The van der Waals surface area contributed by atoms with Crippen molar-refractivity contribution in [2.24, 2.45) is 21.6 Å². The monoisotopic (exact) mass is 517 g/mol. The predicted octanol–water partition coefficient (Wildman–Crippen LogP) is 4.86. The van der Waals surface area contributed by atoms with E-state index in [9.17, 15) is 30.7 Å². The predicted molar refractivity (Wildman–Crippen MR) is 118 cm³/mol. The van der Waals surface area contributed by atoms with Crippen molar-refractivity contribution >= 4 is 17.5 Å². The maximum absolute atomic E-state index is 13.7. The summed E-state index contributed by atoms with van der Waals surface area (Å²) in [6, 6.07) is 5.61. The van der Waals surface area contributed by atoms with Gasteiger partial charge >= 0.3 is 6.18 Å². The zero-order valence-electron chi connectivity index (χ0n) is 18.9. The minimum Gasteiger partial charge on any atom is -0.326 e. The lowest BCUT2D eigenvalue weighted by Crippen LogP contribution is -2.54. The smallest absolute Gasteiger partial charge is 0.326 e. The molecular weight excluding hydrogens is 495 g/mol. The Morgan fingerprint density at radius 1 is 1.03 bits per heavy atom. The molecule has 0 spiro atoms. The van der Waals surface area contributed by atoms with Crippen LogP contribution in [0.25, 0.3) is 0 Å². The molecule has 0 saturated heterocycles. The highest BCUT2D eigenvalue weighted by Crippen LogP contribution is 2.41. The van der Waals surface area contributed by atoms with Gasteiger partial charge in [-0.1, -0.05) is 6.07 Å². The molecule has 36 heavy (non-hydrogen) atoms. The van der Waals surface area contributed by atoms with Crippen molar-refractivity contribution in [3.05, 3.63) is 53.6 Å². The Morgan fingerprint density at radius 2 is 1.72 bits per heavy atom. The van der Waals surface area contributed by atoms with Crippen LogP contribution < -0.4 is 16.4 Å². The van der Waals surface area contributed by atoms with Gasteiger partial charge in [0, 0.05) is 37.6 Å². The molecule has 4 N–H and O–H groups in total. The van der Waals surface area contributed by atoms with E-state index in [1.54, 1.807) is 0 Å². The summed E-state index contributed by atoms with van der Waals surface area (Å²) in [6.45, 7) is 0.670. The van der Waals surface area contributed by atoms with Crippen molar-refractivity contribution in [2.75, 3.05) is 5.32 Å². The number of halogens is 7. The summed E-state index contributed by atoms with van der Waals surface area (Å²) >= 11 is 0. The van der Waals surface area contributed by atoms with Crippen LogP contribution in [0.15, 0.2) is 46.5 Å². The molecule has 3 heterocycles. The van der Waals surface area contributed by atoms with E-state index in [0.29, 0.717) is 6.92 Å². The number of hydrogen-bond acceptors (Lipinski definition) is 7. The van der Waals surface area contributed by atoms with Crippen molar-refractivity contribution in [2.45, 2.75) is 56.4 Å². The fourth-order valence-electron chi connectivity index (χ4n) is 3.99. The van der Waals surface area contributed by atoms with E-state index < -0.39 is 54.0 Å². The molecule has 0 aromatic carbocycles. The van der Waals surface area contributed by atoms with Gasteiger partial charge in [0.1, 0.15) is 17.1 Å². The average molecular weight is 517 g/mol. The molecule has 2 aliphatic rings. The Kier molecular flexibility index (Phi) is 6.43. The molecule has 4 rings (SSSR count). The second-order valence-electron chi connectivity index (χ2n) is 8.81. The first-order valence-electron chi connectivity index (χ1n) is 10.9. The Morgan fingerprint density at radius 3 is 2.36 bits per heavy atom. The Labute approximate surface area is 201 Å². The molecular formula is C22H22F7N7. The number of aliphatic imine (C=N–C) groups is 2. The Hall–Kier alpha value is -3.29. The van der Waals surface area contributed by atoms with Crippen LogP contribution in [0.4, 0.5) is 36.4 Å². The molecule has 7 nitrogen and oxygen atoms in total. The van der Waals surface area contributed by atoms with Crippen molar-refractivity contribution < 1.29 is 30.7 Å². The summed E-state index contributed by atoms with van der Waals surface area (Å²) < 4.78 is 94.6. The van der Waals surface area contributed by atoms with Gasteiger partial charge in [-0.2, -0.15) is 22.0 Å². The van der Waals surface area contributed by atoms with Gasteiger partial charge in [0.15, 0.2) is 5.84 Å². The first-order chi connectivity index (χ1) is 16.6. The molecule has 1 atom stereocenters. The molecule has 1 aliphatic heterocycles. The minimum atomic E-state index is -4.73. The average Bonchev–Trinajstić information content (AvgIpc) is 2.78. The Balaban J connectivity index is 1.71. The van der Waals surface area contributed by atoms with E-state index in [1.165, 1.54) is 12.1 Å². The van der Waals surface area contributed by atoms with Crippen molar-refractivity contribution in [1.29, 1.82) is 0 Å². The van der Waals surface area contributed by atoms with E-state index in [0.717, 1.165) is 24.4 Å². The summed E-state index contributed by atoms with van der Waals surface area (Å²) in [6.07, 6.45) is -4.56. The van der Waals surface area contributed by atoms with Gasteiger partial charge in [-0.25, -0.2) is 23.7 Å². The third kappa shape index (κ3) is 5.74. The molecule has 14 heteroatoms. The van der Waals surface area contributed by atoms with Crippen molar-refractivity contribution in [3.8, 4) is 0 Å². The maximum Gasteiger partial charge on any atom is 0.433 e. The molecule has 194 valence electrons. The second-order valence-corrected chi connectivity index (χ2v) is 8.81. The highest BCUT2D eigenvalue weighted by molar-refractivity contribution is 6.13. The number of guanidine groups is 1. The van der Waals surface area contributed by atoms with E-state index in [1.807, 2.05) is 0 Å². The highest BCUT2D eigenvalue weighted by Gasteiger charge is 2.45. The number of alkyl halides is 7. The first kappa shape index (κ1) is 25.8. The van der Waals surface area contributed by atoms with Gasteiger partial charge in [0.25, 0.3) is 5.92 Å². The molecule has 0 bridgehead atoms. The van der Waals surface area contributed by atoms with E-state index in [4.69, 9.17) is 5.73 Å². The van der Waals surface area contributed by atoms with Crippen LogP contribution in [0.1, 0.15) is 49.7 Å². The number of anilines is 1. The normalized spacial score (nSPS) is 22.9. The molecule has 1 unspecified atom stereocenters. The maximum atomic E-state index is 13.7. The highest BCUT2D eigenvalue weighted by atomic mass is 19.4. The number of pyridine rings is 2. The third-order valence-electron chi connectivity index (χ3n) is 5.89. The van der Waals surface area contributed by atoms with Crippen LogP contribution in [-0.2, 0) is 12.1 Å². The van der Waals surface area contributed by atoms with Gasteiger partial charge < -0.3 is 10.6 Å². The van der Waals surface area contributed by atoms with Gasteiger partial charge in [-0.15, -0.1) is 0 Å². The fraction of sp³-hybridized carbons (Fsp3) is 0.455. The molecule has 1 fully saturated rings. The van der Waals surface area contributed by atoms with E-state index >= 15 is 0 Å². The van der Waals surface area contributed by atoms with Gasteiger partial charge in [-0.3, -0.25) is 10.7 Å². The van der Waals surface area contributed by atoms with Gasteiger partial charge in [0.05, 0.1) is 0 Å². The number of amidine groups is 1. The first-order valence-corrected chi connectivity index (χ1v) is 10.9. The SMILES string of the molecule is CC(F)(F)c1cc(NC2=NC(N)(C3CCC(F)(F)CC3)N=C(c3cccc(C(F)(F)F)n3)N2)ccn1. The van der Waals surface area contributed by atoms with Crippen LogP contribution in [-0.4, -0.2) is 33.5 Å². The topological polar surface area (TPSA) is 101 Å². The summed E-state index contributed by atoms with van der Waals surface area (Å²) in [5.41, 5.74) is 4.63. The van der Waals surface area contributed by atoms with Crippen LogP contribution >= 0.6 is 0 Å². The Bertz CT molecular complexity index is 1180. The molecule has 2 aromatic rings. The number of nitrogens with two attached hydrogens (primary N) is 1. The lowest BCUT2D eigenvalue weighted by Gasteiger charge is -2.38. The molecule has 0 radical (unpaired) electrons. The molecule has 1 saturated carbocycles. The fourth-order valence-corrected chi connectivity index (χ4v) is 3.99. The van der Waals surface area contributed by atoms with Crippen LogP contribution in [0.2, 0.25) is 0 Å². The van der Waals surface area contributed by atoms with E-state index in [2.05, 4.69) is 30.6 Å². The van der Waals surface area contributed by atoms with Gasteiger partial charge in [0.2, 0.25) is 17.7 Å². The summed E-state index contributed by atoms with van der Waals surface area (Å²) in [7, 11) is 0. The van der Waals surface area contributed by atoms with Crippen molar-refractivity contribution in [1.82, 2.24) is 15.3 Å². The number of nitrogens with zero attached hydrogens (tertiary/aromatic N) is 4. The molecule has 0 amide bonds. The van der Waals surface area contributed by atoms with E-state index in [-0.39, 0.29) is 36.0 Å². The molecule has 1 aliphatic carbocycles. The lowest BCUT2D eigenvalue weighted by atomic mass is 9.82. The van der Waals surface area contributed by atoms with Crippen LogP contribution in [0.3, 0.4) is 0 Å². The third-order valence-corrected chi connectivity index (χ3v) is 5.89. The number of hydrogen-bond donors (Lipinski definition) is 3. The number of aromatic nitrogens is 2. The molecule has 2 aromatic heterocycles. The van der Waals surface area contributed by atoms with Crippen LogP contribution in [0.5, 0.6) is 0 Å². The van der Waals surface area contributed by atoms with Gasteiger partial charge in [-0.05, 0) is 37.1 Å². The van der Waals surface area contributed by atoms with Crippen LogP contribution in [0, 0.1) is 5.92 Å². The second kappa shape index (κ2) is 8.98. The zero-order valence-corrected chi connectivity index (χ0v) is 18.9. The minimum absolute atomic E-state index is 0.0332. The zero-order chi connectivity index (χ0) is 26.4.